The quantitative estimate of drug-likeness (QED) is 0.713. The van der Waals surface area contributed by atoms with E-state index in [2.05, 4.69) is 6.92 Å². The molecule has 0 aromatic heterocycles. The van der Waals surface area contributed by atoms with E-state index in [1.807, 2.05) is 4.90 Å². The Morgan fingerprint density at radius 3 is 2.43 bits per heavy atom. The van der Waals surface area contributed by atoms with Crippen LogP contribution in [0.25, 0.3) is 5.57 Å². The average molecular weight is 412 g/mol. The first-order chi connectivity index (χ1) is 14.4. The molecule has 1 atom stereocenters. The van der Waals surface area contributed by atoms with Gasteiger partial charge < -0.3 is 9.64 Å². The Kier molecular flexibility index (Phi) is 5.28. The lowest BCUT2D eigenvalue weighted by Gasteiger charge is -2.33. The number of benzene rings is 2. The molecule has 0 saturated carbocycles. The molecule has 1 fully saturated rings. The van der Waals surface area contributed by atoms with Gasteiger partial charge >= 0.3 is 0 Å². The summed E-state index contributed by atoms with van der Waals surface area (Å²) in [5.74, 6) is -1.89. The van der Waals surface area contributed by atoms with Crippen molar-refractivity contribution in [2.24, 2.45) is 5.92 Å². The Morgan fingerprint density at radius 2 is 1.77 bits per heavy atom. The third kappa shape index (κ3) is 3.44. The number of methoxy groups -OCH3 is 1. The number of nitrogens with zero attached hydrogens (tertiary/aromatic N) is 2. The van der Waals surface area contributed by atoms with Crippen LogP contribution in [0.1, 0.15) is 25.3 Å². The lowest BCUT2D eigenvalue weighted by molar-refractivity contribution is -0.120. The Bertz CT molecular complexity index is 1030. The van der Waals surface area contributed by atoms with Crippen molar-refractivity contribution in [3.63, 3.8) is 0 Å². The van der Waals surface area contributed by atoms with E-state index in [9.17, 15) is 18.4 Å². The van der Waals surface area contributed by atoms with Gasteiger partial charge in [0.05, 0.1) is 18.4 Å². The fourth-order valence-corrected chi connectivity index (χ4v) is 4.10. The molecule has 2 aromatic carbocycles. The lowest BCUT2D eigenvalue weighted by atomic mass is 9.98. The molecule has 2 heterocycles. The molecule has 0 aliphatic carbocycles. The van der Waals surface area contributed by atoms with Crippen molar-refractivity contribution >= 4 is 23.1 Å². The maximum absolute atomic E-state index is 14.5. The lowest BCUT2D eigenvalue weighted by Crippen LogP contribution is -2.39. The highest BCUT2D eigenvalue weighted by Gasteiger charge is 2.44. The third-order valence-electron chi connectivity index (χ3n) is 5.56. The number of anilines is 1. The molecule has 5 nitrogen and oxygen atoms in total. The van der Waals surface area contributed by atoms with Gasteiger partial charge in [-0.15, -0.1) is 0 Å². The summed E-state index contributed by atoms with van der Waals surface area (Å²) in [5, 5.41) is 0. The molecule has 4 rings (SSSR count). The first-order valence-corrected chi connectivity index (χ1v) is 9.88. The van der Waals surface area contributed by atoms with Crippen LogP contribution in [0.3, 0.4) is 0 Å². The summed E-state index contributed by atoms with van der Waals surface area (Å²) in [6.07, 6.45) is 1.92. The van der Waals surface area contributed by atoms with Crippen LogP contribution in [-0.4, -0.2) is 36.9 Å². The molecule has 2 aliphatic rings. The van der Waals surface area contributed by atoms with Gasteiger partial charge in [0.25, 0.3) is 11.8 Å². The molecular formula is C23H22F2N2O3. The van der Waals surface area contributed by atoms with E-state index in [1.165, 1.54) is 7.11 Å². The number of hydrogen-bond acceptors (Lipinski definition) is 4. The zero-order valence-corrected chi connectivity index (χ0v) is 16.8. The van der Waals surface area contributed by atoms with E-state index in [0.717, 1.165) is 35.9 Å². The Morgan fingerprint density at radius 1 is 1.03 bits per heavy atom. The maximum Gasteiger partial charge on any atom is 0.282 e. The van der Waals surface area contributed by atoms with Crippen LogP contribution in [0.4, 0.5) is 14.5 Å². The number of rotatable bonds is 4. The number of halogens is 2. The second kappa shape index (κ2) is 7.89. The second-order valence-electron chi connectivity index (χ2n) is 7.69. The molecular weight excluding hydrogens is 390 g/mol. The van der Waals surface area contributed by atoms with Crippen LogP contribution in [0.2, 0.25) is 0 Å². The maximum atomic E-state index is 14.5. The highest BCUT2D eigenvalue weighted by atomic mass is 19.1. The molecule has 30 heavy (non-hydrogen) atoms. The molecule has 1 unspecified atom stereocenters. The minimum atomic E-state index is -0.833. The van der Waals surface area contributed by atoms with Gasteiger partial charge in [-0.1, -0.05) is 19.1 Å². The summed E-state index contributed by atoms with van der Waals surface area (Å²) in [5.41, 5.74) is 0.582. The van der Waals surface area contributed by atoms with Crippen molar-refractivity contribution in [3.8, 4) is 5.75 Å². The van der Waals surface area contributed by atoms with Crippen LogP contribution in [-0.2, 0) is 9.59 Å². The van der Waals surface area contributed by atoms with E-state index in [0.29, 0.717) is 30.3 Å². The van der Waals surface area contributed by atoms with E-state index in [4.69, 9.17) is 4.74 Å². The summed E-state index contributed by atoms with van der Waals surface area (Å²) in [6, 6.07) is 9.52. The Balaban J connectivity index is 1.84. The zero-order chi connectivity index (χ0) is 21.4. The molecule has 7 heteroatoms. The summed E-state index contributed by atoms with van der Waals surface area (Å²) >= 11 is 0. The fraction of sp³-hybridized carbons (Fsp3) is 0.304. The number of likely N-dealkylation sites (tertiary alicyclic amines) is 1. The van der Waals surface area contributed by atoms with Crippen molar-refractivity contribution in [3.05, 3.63) is 65.4 Å². The molecule has 0 bridgehead atoms. The van der Waals surface area contributed by atoms with Crippen molar-refractivity contribution in [1.29, 1.82) is 0 Å². The number of imide groups is 1. The van der Waals surface area contributed by atoms with E-state index >= 15 is 0 Å². The Labute approximate surface area is 173 Å². The van der Waals surface area contributed by atoms with Crippen molar-refractivity contribution < 1.29 is 23.1 Å². The summed E-state index contributed by atoms with van der Waals surface area (Å²) in [7, 11) is 1.54. The Hall–Kier alpha value is -3.22. The second-order valence-corrected chi connectivity index (χ2v) is 7.69. The number of piperidine rings is 1. The standard InChI is InChI=1S/C23H22F2N2O3/c1-14-4-3-11-26(13-14)21-20(15-5-8-17(30-2)9-6-15)22(28)27(23(21)29)19-12-16(24)7-10-18(19)25/h5-10,12,14H,3-4,11,13H2,1-2H3. The number of amides is 2. The fourth-order valence-electron chi connectivity index (χ4n) is 4.10. The monoisotopic (exact) mass is 412 g/mol. The first-order valence-electron chi connectivity index (χ1n) is 9.88. The minimum absolute atomic E-state index is 0.195. The first kappa shape index (κ1) is 20.1. The van der Waals surface area contributed by atoms with Gasteiger partial charge in [0.1, 0.15) is 23.1 Å². The predicted molar refractivity (Wildman–Crippen MR) is 109 cm³/mol. The summed E-state index contributed by atoms with van der Waals surface area (Å²) in [6.45, 7) is 3.33. The number of hydrogen-bond donors (Lipinski definition) is 0. The molecule has 2 aromatic rings. The van der Waals surface area contributed by atoms with Crippen molar-refractivity contribution in [2.45, 2.75) is 19.8 Å². The van der Waals surface area contributed by atoms with Gasteiger partial charge in [0.15, 0.2) is 0 Å². The molecule has 1 saturated heterocycles. The number of ether oxygens (including phenoxy) is 1. The normalized spacial score (nSPS) is 19.7. The van der Waals surface area contributed by atoms with Crippen LogP contribution in [0.5, 0.6) is 5.75 Å². The SMILES string of the molecule is COc1ccc(C2=C(N3CCCC(C)C3)C(=O)N(c3cc(F)ccc3F)C2=O)cc1. The minimum Gasteiger partial charge on any atom is -0.497 e. The van der Waals surface area contributed by atoms with Gasteiger partial charge in [-0.2, -0.15) is 0 Å². The van der Waals surface area contributed by atoms with Gasteiger partial charge in [-0.25, -0.2) is 13.7 Å². The van der Waals surface area contributed by atoms with Gasteiger partial charge in [0, 0.05) is 19.2 Å². The highest BCUT2D eigenvalue weighted by molar-refractivity contribution is 6.45. The largest absolute Gasteiger partial charge is 0.497 e. The summed E-state index contributed by atoms with van der Waals surface area (Å²) < 4.78 is 33.5. The van der Waals surface area contributed by atoms with Crippen LogP contribution in [0.15, 0.2) is 48.2 Å². The van der Waals surface area contributed by atoms with Crippen molar-refractivity contribution in [1.82, 2.24) is 4.90 Å². The molecule has 156 valence electrons. The molecule has 2 aliphatic heterocycles. The topological polar surface area (TPSA) is 49.9 Å². The van der Waals surface area contributed by atoms with Gasteiger partial charge in [-0.05, 0) is 48.6 Å². The number of carbonyl (C=O) groups excluding carboxylic acids is 2. The van der Waals surface area contributed by atoms with Crippen LogP contribution in [0, 0.1) is 17.6 Å². The van der Waals surface area contributed by atoms with Gasteiger partial charge in [-0.3, -0.25) is 9.59 Å². The van der Waals surface area contributed by atoms with Crippen LogP contribution >= 0.6 is 0 Å². The third-order valence-corrected chi connectivity index (χ3v) is 5.56. The predicted octanol–water partition coefficient (Wildman–Crippen LogP) is 3.99. The summed E-state index contributed by atoms with van der Waals surface area (Å²) in [4.78, 5) is 29.4. The molecule has 0 radical (unpaired) electrons. The van der Waals surface area contributed by atoms with Crippen LogP contribution < -0.4 is 9.64 Å². The zero-order valence-electron chi connectivity index (χ0n) is 16.8. The van der Waals surface area contributed by atoms with Gasteiger partial charge in [0.2, 0.25) is 0 Å². The molecule has 0 N–H and O–H groups in total. The van der Waals surface area contributed by atoms with Crippen molar-refractivity contribution in [2.75, 3.05) is 25.1 Å². The number of carbonyl (C=O) groups is 2. The van der Waals surface area contributed by atoms with E-state index in [-0.39, 0.29) is 17.0 Å². The van der Waals surface area contributed by atoms with E-state index < -0.39 is 23.4 Å². The average Bonchev–Trinajstić information content (AvgIpc) is 3.00. The highest BCUT2D eigenvalue weighted by Crippen LogP contribution is 2.37. The molecule has 0 spiro atoms. The smallest absolute Gasteiger partial charge is 0.282 e. The van der Waals surface area contributed by atoms with E-state index in [1.54, 1.807) is 24.3 Å². The molecule has 2 amide bonds.